The van der Waals surface area contributed by atoms with E-state index < -0.39 is 0 Å². The van der Waals surface area contributed by atoms with Crippen molar-refractivity contribution in [3.05, 3.63) is 89.5 Å². The van der Waals surface area contributed by atoms with Gasteiger partial charge in [0.15, 0.2) is 0 Å². The van der Waals surface area contributed by atoms with Gasteiger partial charge in [0.25, 0.3) is 11.1 Å². The lowest BCUT2D eigenvalue weighted by Gasteiger charge is -2.18. The molecule has 1 unspecified atom stereocenters. The van der Waals surface area contributed by atoms with Crippen LogP contribution in [0, 0.1) is 0 Å². The molecule has 0 aromatic heterocycles. The van der Waals surface area contributed by atoms with Gasteiger partial charge in [-0.1, -0.05) is 54.2 Å². The molecule has 3 aromatic carbocycles. The molecule has 0 spiro atoms. The van der Waals surface area contributed by atoms with Crippen molar-refractivity contribution in [3.63, 3.8) is 0 Å². The van der Waals surface area contributed by atoms with Gasteiger partial charge in [-0.15, -0.1) is 0 Å². The minimum absolute atomic E-state index is 0.0508. The highest BCUT2D eigenvalue weighted by Crippen LogP contribution is 2.26. The molecule has 1 aliphatic heterocycles. The predicted molar refractivity (Wildman–Crippen MR) is 134 cm³/mol. The van der Waals surface area contributed by atoms with Crippen LogP contribution < -0.4 is 10.1 Å². The summed E-state index contributed by atoms with van der Waals surface area (Å²) in [5.74, 6) is 0.472. The zero-order valence-electron chi connectivity index (χ0n) is 19.1. The van der Waals surface area contributed by atoms with Crippen molar-refractivity contribution in [1.82, 2.24) is 10.2 Å². The summed E-state index contributed by atoms with van der Waals surface area (Å²) in [4.78, 5) is 37.7. The summed E-state index contributed by atoms with van der Waals surface area (Å²) < 4.78 is 5.44. The van der Waals surface area contributed by atoms with Crippen LogP contribution in [0.1, 0.15) is 28.4 Å². The number of carbonyl (C=O) groups excluding carboxylic acids is 3. The van der Waals surface area contributed by atoms with E-state index >= 15 is 0 Å². The first kappa shape index (κ1) is 23.6. The van der Waals surface area contributed by atoms with Gasteiger partial charge in [0.2, 0.25) is 5.91 Å². The predicted octanol–water partition coefficient (Wildman–Crippen LogP) is 4.92. The largest absolute Gasteiger partial charge is 0.494 e. The first-order valence-corrected chi connectivity index (χ1v) is 12.0. The van der Waals surface area contributed by atoms with Crippen LogP contribution in [0.5, 0.6) is 5.75 Å². The van der Waals surface area contributed by atoms with Crippen molar-refractivity contribution in [3.8, 4) is 16.9 Å². The monoisotopic (exact) mass is 474 g/mol. The molecule has 4 rings (SSSR count). The lowest BCUT2D eigenvalue weighted by atomic mass is 10.00. The van der Waals surface area contributed by atoms with Gasteiger partial charge in [0.05, 0.1) is 11.9 Å². The minimum Gasteiger partial charge on any atom is -0.494 e. The maximum atomic E-state index is 12.8. The third kappa shape index (κ3) is 5.66. The van der Waals surface area contributed by atoms with Crippen molar-refractivity contribution >= 4 is 28.8 Å². The lowest BCUT2D eigenvalue weighted by Crippen LogP contribution is -2.26. The molecule has 1 atom stereocenters. The molecule has 1 N–H and O–H groups in total. The van der Waals surface area contributed by atoms with Crippen LogP contribution in [0.15, 0.2) is 72.8 Å². The summed E-state index contributed by atoms with van der Waals surface area (Å²) in [6.07, 6.45) is 0.515. The molecule has 7 heteroatoms. The average Bonchev–Trinajstić information content (AvgIpc) is 3.16. The Morgan fingerprint density at radius 3 is 2.35 bits per heavy atom. The third-order valence-corrected chi connectivity index (χ3v) is 6.56. The van der Waals surface area contributed by atoms with Gasteiger partial charge >= 0.3 is 0 Å². The fourth-order valence-corrected chi connectivity index (χ4v) is 4.71. The Morgan fingerprint density at radius 1 is 0.971 bits per heavy atom. The van der Waals surface area contributed by atoms with Crippen molar-refractivity contribution in [2.75, 3.05) is 13.7 Å². The number of imide groups is 1. The Morgan fingerprint density at radius 2 is 1.71 bits per heavy atom. The highest BCUT2D eigenvalue weighted by molar-refractivity contribution is 8.15. The van der Waals surface area contributed by atoms with Gasteiger partial charge in [-0.25, -0.2) is 0 Å². The zero-order valence-corrected chi connectivity index (χ0v) is 19.9. The summed E-state index contributed by atoms with van der Waals surface area (Å²) in [6, 6.07) is 23.3. The molecule has 1 aliphatic rings. The average molecular weight is 475 g/mol. The Hall–Kier alpha value is -3.58. The van der Waals surface area contributed by atoms with Crippen LogP contribution in [0.25, 0.3) is 11.1 Å². The number of benzene rings is 3. The van der Waals surface area contributed by atoms with Crippen LogP contribution in [0.3, 0.4) is 0 Å². The van der Waals surface area contributed by atoms with Crippen molar-refractivity contribution in [1.29, 1.82) is 0 Å². The molecule has 0 bridgehead atoms. The maximum Gasteiger partial charge on any atom is 0.286 e. The van der Waals surface area contributed by atoms with Crippen LogP contribution in [-0.4, -0.2) is 40.9 Å². The Balaban J connectivity index is 1.40. The van der Waals surface area contributed by atoms with E-state index in [0.717, 1.165) is 39.8 Å². The van der Waals surface area contributed by atoms with Crippen molar-refractivity contribution in [2.24, 2.45) is 0 Å². The number of hydrogen-bond donors (Lipinski definition) is 1. The SMILES string of the molecule is CCOc1ccc(C(=O)N(C)Cc2cccc(-c3ccc(CC4SC(=O)NC4=O)cc3)c2)cc1. The Kier molecular flexibility index (Phi) is 7.33. The number of amides is 3. The van der Waals surface area contributed by atoms with Gasteiger partial charge in [-0.05, 0) is 65.9 Å². The van der Waals surface area contributed by atoms with Gasteiger partial charge in [-0.3, -0.25) is 19.7 Å². The topological polar surface area (TPSA) is 75.7 Å². The van der Waals surface area contributed by atoms with Gasteiger partial charge in [-0.2, -0.15) is 0 Å². The van der Waals surface area contributed by atoms with Crippen LogP contribution in [0.4, 0.5) is 4.79 Å². The third-order valence-electron chi connectivity index (χ3n) is 5.58. The van der Waals surface area contributed by atoms with E-state index in [1.165, 1.54) is 0 Å². The zero-order chi connectivity index (χ0) is 24.1. The van der Waals surface area contributed by atoms with Crippen molar-refractivity contribution in [2.45, 2.75) is 25.1 Å². The fraction of sp³-hybridized carbons (Fsp3) is 0.222. The number of ether oxygens (including phenoxy) is 1. The summed E-state index contributed by atoms with van der Waals surface area (Å²) in [5, 5.41) is 1.67. The second-order valence-corrected chi connectivity index (χ2v) is 9.28. The molecule has 1 heterocycles. The van der Waals surface area contributed by atoms with E-state index in [4.69, 9.17) is 4.74 Å². The van der Waals surface area contributed by atoms with Crippen molar-refractivity contribution < 1.29 is 19.1 Å². The first-order valence-electron chi connectivity index (χ1n) is 11.1. The first-order chi connectivity index (χ1) is 16.4. The molecule has 174 valence electrons. The van der Waals surface area contributed by atoms with Gasteiger partial charge in [0, 0.05) is 19.2 Å². The number of rotatable bonds is 8. The number of carbonyl (C=O) groups is 3. The van der Waals surface area contributed by atoms with E-state index in [1.54, 1.807) is 24.1 Å². The Bertz CT molecular complexity index is 1190. The van der Waals surface area contributed by atoms with E-state index in [-0.39, 0.29) is 22.3 Å². The number of nitrogens with one attached hydrogen (secondary N) is 1. The molecule has 1 fully saturated rings. The second-order valence-electron chi connectivity index (χ2n) is 8.10. The molecule has 0 saturated carbocycles. The maximum absolute atomic E-state index is 12.8. The molecular weight excluding hydrogens is 448 g/mol. The number of thioether (sulfide) groups is 1. The van der Waals surface area contributed by atoms with Gasteiger partial charge in [0.1, 0.15) is 5.75 Å². The smallest absolute Gasteiger partial charge is 0.286 e. The molecular formula is C27H26N2O4S. The normalized spacial score (nSPS) is 15.2. The van der Waals surface area contributed by atoms with Crippen LogP contribution in [-0.2, 0) is 17.8 Å². The van der Waals surface area contributed by atoms with Gasteiger partial charge < -0.3 is 9.64 Å². The molecule has 0 aliphatic carbocycles. The number of hydrogen-bond acceptors (Lipinski definition) is 5. The molecule has 3 amide bonds. The quantitative estimate of drug-likeness (QED) is 0.502. The Labute approximate surface area is 203 Å². The molecule has 3 aromatic rings. The lowest BCUT2D eigenvalue weighted by molar-refractivity contribution is -0.118. The summed E-state index contributed by atoms with van der Waals surface area (Å²) >= 11 is 1.04. The molecule has 0 radical (unpaired) electrons. The van der Waals surface area contributed by atoms with E-state index in [2.05, 4.69) is 11.4 Å². The van der Waals surface area contributed by atoms with Crippen LogP contribution >= 0.6 is 11.8 Å². The van der Waals surface area contributed by atoms with Crippen LogP contribution in [0.2, 0.25) is 0 Å². The number of nitrogens with zero attached hydrogens (tertiary/aromatic N) is 1. The standard InChI is InChI=1S/C27H26N2O4S/c1-3-33-23-13-11-21(12-14-23)26(31)29(2)17-19-5-4-6-22(15-19)20-9-7-18(8-10-20)16-24-25(30)28-27(32)34-24/h4-15,24H,3,16-17H2,1-2H3,(H,28,30,32). The second kappa shape index (κ2) is 10.6. The molecule has 34 heavy (non-hydrogen) atoms. The summed E-state index contributed by atoms with van der Waals surface area (Å²) in [6.45, 7) is 3.00. The molecule has 6 nitrogen and oxygen atoms in total. The summed E-state index contributed by atoms with van der Waals surface area (Å²) in [5.41, 5.74) is 4.75. The van der Waals surface area contributed by atoms with E-state index in [1.807, 2.05) is 61.5 Å². The van der Waals surface area contributed by atoms with E-state index in [0.29, 0.717) is 25.1 Å². The molecule has 1 saturated heterocycles. The fourth-order valence-electron chi connectivity index (χ4n) is 3.85. The highest BCUT2D eigenvalue weighted by atomic mass is 32.2. The minimum atomic E-state index is -0.370. The highest BCUT2D eigenvalue weighted by Gasteiger charge is 2.31. The van der Waals surface area contributed by atoms with E-state index in [9.17, 15) is 14.4 Å². The summed E-state index contributed by atoms with van der Waals surface area (Å²) in [7, 11) is 1.79.